The highest BCUT2D eigenvalue weighted by Crippen LogP contribution is 2.28. The van der Waals surface area contributed by atoms with Gasteiger partial charge in [0, 0.05) is 25.2 Å². The smallest absolute Gasteiger partial charge is 0.0968 e. The Bertz CT molecular complexity index is 299. The molecule has 1 heterocycles. The van der Waals surface area contributed by atoms with E-state index in [1.807, 2.05) is 10.9 Å². The molecule has 0 radical (unpaired) electrons. The Balaban J connectivity index is 1.65. The zero-order chi connectivity index (χ0) is 9.80. The SMILES string of the molecule is NC(=NCCCn1ccnn1)C1CC1. The van der Waals surface area contributed by atoms with Gasteiger partial charge in [-0.1, -0.05) is 5.21 Å². The van der Waals surface area contributed by atoms with Crippen LogP contribution in [0.1, 0.15) is 19.3 Å². The molecule has 2 rings (SSSR count). The fourth-order valence-corrected chi connectivity index (χ4v) is 1.30. The van der Waals surface area contributed by atoms with Gasteiger partial charge in [-0.3, -0.25) is 9.67 Å². The fraction of sp³-hybridized carbons (Fsp3) is 0.667. The van der Waals surface area contributed by atoms with Crippen molar-refractivity contribution in [2.45, 2.75) is 25.8 Å². The standard InChI is InChI=1S/C9H15N5/c10-9(8-2-3-8)11-4-1-6-14-7-5-12-13-14/h5,7-8H,1-4,6H2,(H2,10,11). The summed E-state index contributed by atoms with van der Waals surface area (Å²) >= 11 is 0. The summed E-state index contributed by atoms with van der Waals surface area (Å²) in [4.78, 5) is 4.32. The lowest BCUT2D eigenvalue weighted by Gasteiger charge is -1.99. The van der Waals surface area contributed by atoms with E-state index < -0.39 is 0 Å². The second-order valence-corrected chi connectivity index (χ2v) is 3.60. The van der Waals surface area contributed by atoms with Gasteiger partial charge in [-0.2, -0.15) is 0 Å². The first-order valence-corrected chi connectivity index (χ1v) is 5.00. The molecule has 0 aromatic carbocycles. The third-order valence-corrected chi connectivity index (χ3v) is 2.31. The molecule has 14 heavy (non-hydrogen) atoms. The normalized spacial score (nSPS) is 17.3. The molecule has 2 N–H and O–H groups in total. The fourth-order valence-electron chi connectivity index (χ4n) is 1.30. The Hall–Kier alpha value is -1.39. The van der Waals surface area contributed by atoms with E-state index in [4.69, 9.17) is 5.73 Å². The van der Waals surface area contributed by atoms with Crippen LogP contribution < -0.4 is 5.73 Å². The molecule has 0 unspecified atom stereocenters. The molecule has 1 aromatic rings. The molecular weight excluding hydrogens is 178 g/mol. The zero-order valence-corrected chi connectivity index (χ0v) is 8.13. The van der Waals surface area contributed by atoms with Gasteiger partial charge >= 0.3 is 0 Å². The summed E-state index contributed by atoms with van der Waals surface area (Å²) in [5.74, 6) is 1.42. The molecule has 0 amide bonds. The van der Waals surface area contributed by atoms with Gasteiger partial charge in [0.2, 0.25) is 0 Å². The molecule has 1 saturated carbocycles. The average molecular weight is 193 g/mol. The van der Waals surface area contributed by atoms with Crippen LogP contribution in [0.5, 0.6) is 0 Å². The number of hydrogen-bond acceptors (Lipinski definition) is 3. The minimum Gasteiger partial charge on any atom is -0.387 e. The van der Waals surface area contributed by atoms with Gasteiger partial charge in [-0.25, -0.2) is 0 Å². The lowest BCUT2D eigenvalue weighted by Crippen LogP contribution is -2.14. The Morgan fingerprint density at radius 2 is 2.43 bits per heavy atom. The van der Waals surface area contributed by atoms with Crippen molar-refractivity contribution in [3.05, 3.63) is 12.4 Å². The van der Waals surface area contributed by atoms with Crippen LogP contribution >= 0.6 is 0 Å². The molecule has 0 atom stereocenters. The molecule has 5 heteroatoms. The van der Waals surface area contributed by atoms with Crippen molar-refractivity contribution < 1.29 is 0 Å². The molecule has 0 saturated heterocycles. The van der Waals surface area contributed by atoms with Gasteiger partial charge in [0.1, 0.15) is 0 Å². The molecule has 0 bridgehead atoms. The van der Waals surface area contributed by atoms with Gasteiger partial charge in [-0.05, 0) is 19.3 Å². The van der Waals surface area contributed by atoms with E-state index in [0.29, 0.717) is 5.92 Å². The van der Waals surface area contributed by atoms with Crippen LogP contribution in [0.15, 0.2) is 17.4 Å². The summed E-state index contributed by atoms with van der Waals surface area (Å²) in [6.45, 7) is 1.66. The predicted octanol–water partition coefficient (Wildman–Crippen LogP) is 0.435. The summed E-state index contributed by atoms with van der Waals surface area (Å²) in [5.41, 5.74) is 5.75. The Kier molecular flexibility index (Phi) is 2.76. The number of hydrogen-bond donors (Lipinski definition) is 1. The molecule has 1 aliphatic carbocycles. The van der Waals surface area contributed by atoms with E-state index in [0.717, 1.165) is 25.3 Å². The highest BCUT2D eigenvalue weighted by Gasteiger charge is 2.24. The van der Waals surface area contributed by atoms with E-state index in [1.54, 1.807) is 6.20 Å². The zero-order valence-electron chi connectivity index (χ0n) is 8.13. The highest BCUT2D eigenvalue weighted by atomic mass is 15.4. The molecule has 76 valence electrons. The maximum absolute atomic E-state index is 5.75. The molecule has 0 spiro atoms. The van der Waals surface area contributed by atoms with Crippen LogP contribution in [0.25, 0.3) is 0 Å². The molecule has 1 aliphatic rings. The number of nitrogens with zero attached hydrogens (tertiary/aromatic N) is 4. The summed E-state index contributed by atoms with van der Waals surface area (Å²) in [6.07, 6.45) is 6.95. The number of rotatable bonds is 5. The highest BCUT2D eigenvalue weighted by molar-refractivity contribution is 5.84. The Labute approximate surface area is 83.0 Å². The van der Waals surface area contributed by atoms with Crippen molar-refractivity contribution in [3.63, 3.8) is 0 Å². The third kappa shape index (κ3) is 2.55. The topological polar surface area (TPSA) is 69.1 Å². The van der Waals surface area contributed by atoms with Crippen molar-refractivity contribution in [2.24, 2.45) is 16.6 Å². The second-order valence-electron chi connectivity index (χ2n) is 3.60. The van der Waals surface area contributed by atoms with E-state index in [-0.39, 0.29) is 0 Å². The van der Waals surface area contributed by atoms with Crippen LogP contribution in [-0.2, 0) is 6.54 Å². The van der Waals surface area contributed by atoms with Crippen molar-refractivity contribution in [1.82, 2.24) is 15.0 Å². The van der Waals surface area contributed by atoms with Crippen LogP contribution in [-0.4, -0.2) is 27.4 Å². The Morgan fingerprint density at radius 3 is 3.07 bits per heavy atom. The maximum atomic E-state index is 5.75. The number of aliphatic imine (C=N–C) groups is 1. The first-order valence-electron chi connectivity index (χ1n) is 5.00. The monoisotopic (exact) mass is 193 g/mol. The number of nitrogens with two attached hydrogens (primary N) is 1. The van der Waals surface area contributed by atoms with E-state index in [2.05, 4.69) is 15.3 Å². The molecule has 0 aliphatic heterocycles. The van der Waals surface area contributed by atoms with Crippen molar-refractivity contribution in [2.75, 3.05) is 6.54 Å². The minimum absolute atomic E-state index is 0.585. The van der Waals surface area contributed by atoms with Crippen LogP contribution in [0.2, 0.25) is 0 Å². The summed E-state index contributed by atoms with van der Waals surface area (Å²) < 4.78 is 1.81. The molecule has 1 fully saturated rings. The van der Waals surface area contributed by atoms with Crippen molar-refractivity contribution >= 4 is 5.84 Å². The van der Waals surface area contributed by atoms with Gasteiger partial charge in [-0.15, -0.1) is 5.10 Å². The third-order valence-electron chi connectivity index (χ3n) is 2.31. The second kappa shape index (κ2) is 4.21. The maximum Gasteiger partial charge on any atom is 0.0968 e. The molecular formula is C9H15N5. The average Bonchev–Trinajstić information content (AvgIpc) is 2.92. The first-order chi connectivity index (χ1) is 6.86. The first kappa shape index (κ1) is 9.18. The predicted molar refractivity (Wildman–Crippen MR) is 53.9 cm³/mol. The van der Waals surface area contributed by atoms with E-state index in [1.165, 1.54) is 12.8 Å². The molecule has 1 aromatic heterocycles. The quantitative estimate of drug-likeness (QED) is 0.419. The largest absolute Gasteiger partial charge is 0.387 e. The summed E-state index contributed by atoms with van der Waals surface area (Å²) in [6, 6.07) is 0. The van der Waals surface area contributed by atoms with Crippen molar-refractivity contribution in [1.29, 1.82) is 0 Å². The lowest BCUT2D eigenvalue weighted by molar-refractivity contribution is 0.564. The summed E-state index contributed by atoms with van der Waals surface area (Å²) in [7, 11) is 0. The number of amidine groups is 1. The van der Waals surface area contributed by atoms with Crippen LogP contribution in [0.3, 0.4) is 0 Å². The minimum atomic E-state index is 0.585. The van der Waals surface area contributed by atoms with Gasteiger partial charge in [0.05, 0.1) is 12.0 Å². The van der Waals surface area contributed by atoms with Gasteiger partial charge in [0.15, 0.2) is 0 Å². The van der Waals surface area contributed by atoms with Crippen LogP contribution in [0, 0.1) is 5.92 Å². The van der Waals surface area contributed by atoms with E-state index >= 15 is 0 Å². The summed E-state index contributed by atoms with van der Waals surface area (Å²) in [5, 5.41) is 7.59. The number of aryl methyl sites for hydroxylation is 1. The van der Waals surface area contributed by atoms with Gasteiger partial charge < -0.3 is 5.73 Å². The number of aromatic nitrogens is 3. The van der Waals surface area contributed by atoms with Crippen molar-refractivity contribution in [3.8, 4) is 0 Å². The lowest BCUT2D eigenvalue weighted by atomic mass is 10.4. The van der Waals surface area contributed by atoms with Crippen LogP contribution in [0.4, 0.5) is 0 Å². The van der Waals surface area contributed by atoms with Gasteiger partial charge in [0.25, 0.3) is 0 Å². The van der Waals surface area contributed by atoms with E-state index in [9.17, 15) is 0 Å². The Morgan fingerprint density at radius 1 is 1.57 bits per heavy atom. The molecule has 5 nitrogen and oxygen atoms in total.